The van der Waals surface area contributed by atoms with E-state index in [2.05, 4.69) is 19.7 Å². The maximum atomic E-state index is 12.6. The van der Waals surface area contributed by atoms with Gasteiger partial charge < -0.3 is 38.6 Å². The van der Waals surface area contributed by atoms with Gasteiger partial charge in [-0.2, -0.15) is 0 Å². The minimum atomic E-state index is -3.78. The topological polar surface area (TPSA) is 157 Å². The summed E-state index contributed by atoms with van der Waals surface area (Å²) in [6.07, 6.45) is 0.698. The zero-order valence-electron chi connectivity index (χ0n) is 20.0. The van der Waals surface area contributed by atoms with Crippen molar-refractivity contribution >= 4 is 48.6 Å². The summed E-state index contributed by atoms with van der Waals surface area (Å²) < 4.78 is 31.4. The minimum absolute atomic E-state index is 0.00414. The van der Waals surface area contributed by atoms with Gasteiger partial charge in [-0.25, -0.2) is 0 Å². The number of carbonyl (C=O) groups is 2. The molecule has 0 aliphatic rings. The SMILES string of the molecule is CP(=O)([O-])OCCCNC(=O)c1ccc2ccc3ccc(C(=O)NCCCOP(C)(=O)[O-])cc3c2c1. The Labute approximate surface area is 209 Å². The third-order valence-corrected chi connectivity index (χ3v) is 6.53. The second kappa shape index (κ2) is 12.1. The zero-order valence-corrected chi connectivity index (χ0v) is 21.8. The van der Waals surface area contributed by atoms with Gasteiger partial charge in [-0.1, -0.05) is 24.3 Å². The molecule has 0 saturated carbocycles. The molecule has 0 radical (unpaired) electrons. The van der Waals surface area contributed by atoms with Crippen LogP contribution < -0.4 is 20.4 Å². The van der Waals surface area contributed by atoms with Crippen LogP contribution in [0.5, 0.6) is 0 Å². The van der Waals surface area contributed by atoms with E-state index in [4.69, 9.17) is 0 Å². The van der Waals surface area contributed by atoms with E-state index in [0.717, 1.165) is 34.9 Å². The highest BCUT2D eigenvalue weighted by atomic mass is 31.2. The van der Waals surface area contributed by atoms with Crippen LogP contribution in [0.15, 0.2) is 48.5 Å². The predicted molar refractivity (Wildman–Crippen MR) is 134 cm³/mol. The van der Waals surface area contributed by atoms with E-state index < -0.39 is 15.2 Å². The van der Waals surface area contributed by atoms with Crippen molar-refractivity contribution in [2.45, 2.75) is 12.8 Å². The normalized spacial score (nSPS) is 14.8. The van der Waals surface area contributed by atoms with Gasteiger partial charge in [-0.05, 0) is 58.7 Å². The van der Waals surface area contributed by atoms with Crippen molar-refractivity contribution in [1.82, 2.24) is 10.6 Å². The number of nitrogens with one attached hydrogen (secondary N) is 2. The lowest BCUT2D eigenvalue weighted by molar-refractivity contribution is -0.197. The molecule has 0 bridgehead atoms. The van der Waals surface area contributed by atoms with Crippen LogP contribution in [0, 0.1) is 0 Å². The Hall–Kier alpha value is -2.58. The maximum Gasteiger partial charge on any atom is 0.251 e. The molecular weight excluding hydrogens is 506 g/mol. The Balaban J connectivity index is 1.70. The Bertz CT molecular complexity index is 1250. The molecule has 194 valence electrons. The molecule has 36 heavy (non-hydrogen) atoms. The van der Waals surface area contributed by atoms with Crippen molar-refractivity contribution in [2.75, 3.05) is 39.6 Å². The van der Waals surface area contributed by atoms with Crippen molar-refractivity contribution in [3.8, 4) is 0 Å². The standard InChI is InChI=1S/C24H30N2O8P2/c1-35(29,30)33-13-3-11-25-23(27)19-9-7-17-5-6-18-8-10-20(16-22(18)21(17)15-19)24(28)26-12-4-14-34-36(2,31)32/h5-10,15-16H,3-4,11-14H2,1-2H3,(H,25,27)(H,26,28)(H,29,30)(H,31,32)/p-2. The molecule has 0 aliphatic heterocycles. The fourth-order valence-electron chi connectivity index (χ4n) is 3.54. The van der Waals surface area contributed by atoms with Crippen molar-refractivity contribution in [1.29, 1.82) is 0 Å². The van der Waals surface area contributed by atoms with E-state index in [0.29, 0.717) is 24.0 Å². The maximum absolute atomic E-state index is 12.6. The molecule has 2 amide bonds. The first-order valence-electron chi connectivity index (χ1n) is 11.3. The molecule has 3 aromatic rings. The number of benzene rings is 3. The third-order valence-electron chi connectivity index (χ3n) is 5.23. The quantitative estimate of drug-likeness (QED) is 0.204. The van der Waals surface area contributed by atoms with E-state index >= 15 is 0 Å². The first-order chi connectivity index (χ1) is 16.9. The molecular formula is C24H28N2O8P2-2. The van der Waals surface area contributed by atoms with Gasteiger partial charge in [0.05, 0.1) is 13.2 Å². The Kier molecular flexibility index (Phi) is 9.41. The van der Waals surface area contributed by atoms with E-state index in [9.17, 15) is 28.5 Å². The van der Waals surface area contributed by atoms with Gasteiger partial charge in [-0.15, -0.1) is 0 Å². The summed E-state index contributed by atoms with van der Waals surface area (Å²) in [6.45, 7) is 2.50. The van der Waals surface area contributed by atoms with E-state index in [1.165, 1.54) is 0 Å². The van der Waals surface area contributed by atoms with Crippen molar-refractivity contribution in [3.05, 3.63) is 59.7 Å². The molecule has 3 rings (SSSR count). The zero-order chi connectivity index (χ0) is 26.3. The summed E-state index contributed by atoms with van der Waals surface area (Å²) in [7, 11) is -7.57. The van der Waals surface area contributed by atoms with Gasteiger partial charge in [0.15, 0.2) is 0 Å². The lowest BCUT2D eigenvalue weighted by Gasteiger charge is -2.17. The Morgan fingerprint density at radius 1 is 0.722 bits per heavy atom. The monoisotopic (exact) mass is 534 g/mol. The van der Waals surface area contributed by atoms with Gasteiger partial charge in [-0.3, -0.25) is 9.59 Å². The highest BCUT2D eigenvalue weighted by Crippen LogP contribution is 2.31. The predicted octanol–water partition coefficient (Wildman–Crippen LogP) is 2.63. The first kappa shape index (κ1) is 28.0. The summed E-state index contributed by atoms with van der Waals surface area (Å²) in [6, 6.07) is 14.4. The number of amides is 2. The summed E-state index contributed by atoms with van der Waals surface area (Å²) in [5.74, 6) is -0.608. The third kappa shape index (κ3) is 8.52. The molecule has 0 aliphatic carbocycles. The second-order valence-corrected chi connectivity index (χ2v) is 12.0. The van der Waals surface area contributed by atoms with Gasteiger partial charge in [0, 0.05) is 37.5 Å². The molecule has 0 aromatic heterocycles. The van der Waals surface area contributed by atoms with Crippen molar-refractivity contribution < 1.29 is 37.6 Å². The second-order valence-electron chi connectivity index (χ2n) is 8.37. The van der Waals surface area contributed by atoms with Crippen LogP contribution in [-0.2, 0) is 18.2 Å². The van der Waals surface area contributed by atoms with Crippen LogP contribution in [0.2, 0.25) is 0 Å². The number of hydrogen-bond acceptors (Lipinski definition) is 8. The van der Waals surface area contributed by atoms with E-state index in [1.807, 2.05) is 24.3 Å². The average molecular weight is 534 g/mol. The van der Waals surface area contributed by atoms with E-state index in [-0.39, 0.29) is 38.1 Å². The van der Waals surface area contributed by atoms with Crippen LogP contribution in [0.25, 0.3) is 21.5 Å². The lowest BCUT2D eigenvalue weighted by Crippen LogP contribution is -2.25. The van der Waals surface area contributed by atoms with E-state index in [1.54, 1.807) is 24.3 Å². The summed E-state index contributed by atoms with van der Waals surface area (Å²) in [4.78, 5) is 47.3. The molecule has 0 heterocycles. The van der Waals surface area contributed by atoms with Gasteiger partial charge >= 0.3 is 0 Å². The largest absolute Gasteiger partial charge is 0.779 e. The fourth-order valence-corrected chi connectivity index (χ4v) is 4.47. The molecule has 3 aromatic carbocycles. The van der Waals surface area contributed by atoms with Crippen molar-refractivity contribution in [3.63, 3.8) is 0 Å². The first-order valence-corrected chi connectivity index (χ1v) is 15.3. The van der Waals surface area contributed by atoms with Gasteiger partial charge in [0.25, 0.3) is 11.8 Å². The lowest BCUT2D eigenvalue weighted by atomic mass is 9.98. The molecule has 0 spiro atoms. The van der Waals surface area contributed by atoms with Crippen molar-refractivity contribution in [2.24, 2.45) is 0 Å². The molecule has 0 saturated heterocycles. The molecule has 2 unspecified atom stereocenters. The smallest absolute Gasteiger partial charge is 0.251 e. The number of hydrogen-bond donors (Lipinski definition) is 2. The molecule has 12 heteroatoms. The fraction of sp³-hybridized carbons (Fsp3) is 0.333. The summed E-state index contributed by atoms with van der Waals surface area (Å²) in [5.41, 5.74) is 0.865. The summed E-state index contributed by atoms with van der Waals surface area (Å²) in [5, 5.41) is 8.91. The van der Waals surface area contributed by atoms with Crippen LogP contribution >= 0.6 is 15.2 Å². The van der Waals surface area contributed by atoms with Gasteiger partial charge in [0.1, 0.15) is 15.2 Å². The molecule has 0 fully saturated rings. The highest BCUT2D eigenvalue weighted by Gasteiger charge is 2.11. The average Bonchev–Trinajstić information content (AvgIpc) is 2.81. The molecule has 2 N–H and O–H groups in total. The minimum Gasteiger partial charge on any atom is -0.779 e. The highest BCUT2D eigenvalue weighted by molar-refractivity contribution is 7.50. The van der Waals surface area contributed by atoms with Crippen LogP contribution in [0.1, 0.15) is 33.6 Å². The Morgan fingerprint density at radius 3 is 1.44 bits per heavy atom. The summed E-state index contributed by atoms with van der Waals surface area (Å²) >= 11 is 0. The number of fused-ring (bicyclic) bond motifs is 3. The van der Waals surface area contributed by atoms with Crippen LogP contribution in [0.3, 0.4) is 0 Å². The molecule has 10 nitrogen and oxygen atoms in total. The number of rotatable bonds is 12. The Morgan fingerprint density at radius 2 is 1.08 bits per heavy atom. The number of carbonyl (C=O) groups excluding carboxylic acids is 2. The molecule has 2 atom stereocenters. The van der Waals surface area contributed by atoms with Gasteiger partial charge in [0.2, 0.25) is 0 Å². The van der Waals surface area contributed by atoms with Crippen LogP contribution in [0.4, 0.5) is 0 Å². The van der Waals surface area contributed by atoms with Crippen LogP contribution in [-0.4, -0.2) is 51.4 Å².